The zero-order chi connectivity index (χ0) is 23.8. The van der Waals surface area contributed by atoms with Crippen molar-refractivity contribution in [3.8, 4) is 0 Å². The molecule has 0 atom stereocenters. The van der Waals surface area contributed by atoms with Gasteiger partial charge in [0.1, 0.15) is 12.1 Å². The highest BCUT2D eigenvalue weighted by Crippen LogP contribution is 2.35. The SMILES string of the molecule is Cc1cc(N2CCC3(CC2)CN(C2CCC(CN4CCC(C)(C)CC4)CC2)CC(=O)N3)ncn1. The van der Waals surface area contributed by atoms with Crippen molar-refractivity contribution in [3.63, 3.8) is 0 Å². The summed E-state index contributed by atoms with van der Waals surface area (Å²) in [5.41, 5.74) is 1.45. The van der Waals surface area contributed by atoms with Crippen LogP contribution in [0.3, 0.4) is 0 Å². The van der Waals surface area contributed by atoms with Crippen LogP contribution in [0.5, 0.6) is 0 Å². The van der Waals surface area contributed by atoms with Crippen LogP contribution in [0.1, 0.15) is 70.9 Å². The Labute approximate surface area is 205 Å². The normalized spacial score (nSPS) is 30.3. The summed E-state index contributed by atoms with van der Waals surface area (Å²) in [6.07, 6.45) is 11.4. The molecule has 188 valence electrons. The van der Waals surface area contributed by atoms with Gasteiger partial charge in [0.05, 0.1) is 12.1 Å². The number of nitrogens with zero attached hydrogens (tertiary/aromatic N) is 5. The number of piperidine rings is 2. The molecule has 4 fully saturated rings. The number of hydrogen-bond donors (Lipinski definition) is 1. The van der Waals surface area contributed by atoms with Crippen molar-refractivity contribution in [2.24, 2.45) is 11.3 Å². The third-order valence-electron chi connectivity index (χ3n) is 9.15. The lowest BCUT2D eigenvalue weighted by molar-refractivity contribution is -0.130. The summed E-state index contributed by atoms with van der Waals surface area (Å²) < 4.78 is 0. The molecule has 1 aliphatic carbocycles. The van der Waals surface area contributed by atoms with E-state index >= 15 is 0 Å². The summed E-state index contributed by atoms with van der Waals surface area (Å²) in [4.78, 5) is 29.1. The minimum atomic E-state index is -0.0780. The van der Waals surface area contributed by atoms with Crippen molar-refractivity contribution in [3.05, 3.63) is 18.1 Å². The second kappa shape index (κ2) is 9.73. The number of piperazine rings is 1. The molecule has 4 aliphatic rings. The van der Waals surface area contributed by atoms with Crippen molar-refractivity contribution >= 4 is 11.7 Å². The van der Waals surface area contributed by atoms with E-state index in [4.69, 9.17) is 0 Å². The van der Waals surface area contributed by atoms with Crippen LogP contribution in [-0.2, 0) is 4.79 Å². The van der Waals surface area contributed by atoms with Crippen molar-refractivity contribution in [1.29, 1.82) is 0 Å². The smallest absolute Gasteiger partial charge is 0.234 e. The van der Waals surface area contributed by atoms with E-state index in [0.29, 0.717) is 18.0 Å². The first-order valence-corrected chi connectivity index (χ1v) is 13.6. The Balaban J connectivity index is 1.12. The predicted molar refractivity (Wildman–Crippen MR) is 136 cm³/mol. The van der Waals surface area contributed by atoms with Crippen molar-refractivity contribution in [2.75, 3.05) is 50.7 Å². The molecule has 0 bridgehead atoms. The molecule has 1 N–H and O–H groups in total. The van der Waals surface area contributed by atoms with Gasteiger partial charge >= 0.3 is 0 Å². The topological polar surface area (TPSA) is 64.6 Å². The third kappa shape index (κ3) is 5.56. The Morgan fingerprint density at radius 1 is 1.00 bits per heavy atom. The highest BCUT2D eigenvalue weighted by molar-refractivity contribution is 5.80. The molecule has 1 aromatic heterocycles. The van der Waals surface area contributed by atoms with Crippen LogP contribution >= 0.6 is 0 Å². The zero-order valence-corrected chi connectivity index (χ0v) is 21.6. The highest BCUT2D eigenvalue weighted by atomic mass is 16.2. The Morgan fingerprint density at radius 3 is 2.38 bits per heavy atom. The number of hydrogen-bond acceptors (Lipinski definition) is 6. The quantitative estimate of drug-likeness (QED) is 0.732. The van der Waals surface area contributed by atoms with Gasteiger partial charge in [-0.05, 0) is 82.7 Å². The molecule has 4 heterocycles. The molecule has 7 nitrogen and oxygen atoms in total. The van der Waals surface area contributed by atoms with E-state index in [1.54, 1.807) is 6.33 Å². The summed E-state index contributed by atoms with van der Waals surface area (Å²) in [6.45, 7) is 14.1. The number of nitrogens with one attached hydrogen (secondary N) is 1. The fourth-order valence-corrected chi connectivity index (χ4v) is 6.72. The van der Waals surface area contributed by atoms with Gasteiger partial charge in [0.25, 0.3) is 0 Å². The summed E-state index contributed by atoms with van der Waals surface area (Å²) in [7, 11) is 0. The standard InChI is InChI=1S/C27H44N6O/c1-21-16-24(29-20-28-21)32-14-10-27(11-15-32)19-33(18-25(34)30-27)23-6-4-22(5-7-23)17-31-12-8-26(2,3)9-13-31/h16,20,22-23H,4-15,17-19H2,1-3H3,(H,30,34). The van der Waals surface area contributed by atoms with Crippen molar-refractivity contribution in [2.45, 2.75) is 83.7 Å². The first-order chi connectivity index (χ1) is 16.3. The van der Waals surface area contributed by atoms with E-state index < -0.39 is 0 Å². The van der Waals surface area contributed by atoms with Gasteiger partial charge in [-0.15, -0.1) is 0 Å². The van der Waals surface area contributed by atoms with Crippen LogP contribution in [0.2, 0.25) is 0 Å². The number of carbonyl (C=O) groups excluding carboxylic acids is 1. The Kier molecular flexibility index (Phi) is 6.86. The second-order valence-corrected chi connectivity index (χ2v) is 12.4. The maximum atomic E-state index is 12.8. The molecule has 7 heteroatoms. The van der Waals surface area contributed by atoms with Crippen LogP contribution in [0.15, 0.2) is 12.4 Å². The van der Waals surface area contributed by atoms with Gasteiger partial charge in [-0.25, -0.2) is 9.97 Å². The first kappa shape index (κ1) is 24.0. The van der Waals surface area contributed by atoms with E-state index in [2.05, 4.69) is 49.9 Å². The molecule has 0 aromatic carbocycles. The molecule has 1 spiro atoms. The first-order valence-electron chi connectivity index (χ1n) is 13.6. The number of anilines is 1. The highest BCUT2D eigenvalue weighted by Gasteiger charge is 2.43. The van der Waals surface area contributed by atoms with Gasteiger partial charge in [0.2, 0.25) is 5.91 Å². The van der Waals surface area contributed by atoms with E-state index in [1.165, 1.54) is 58.2 Å². The lowest BCUT2D eigenvalue weighted by Crippen LogP contribution is -2.67. The summed E-state index contributed by atoms with van der Waals surface area (Å²) in [5, 5.41) is 3.41. The average molecular weight is 469 g/mol. The van der Waals surface area contributed by atoms with Crippen LogP contribution in [-0.4, -0.2) is 83.1 Å². The monoisotopic (exact) mass is 468 g/mol. The molecular formula is C27H44N6O. The largest absolute Gasteiger partial charge is 0.356 e. The number of aryl methyl sites for hydroxylation is 1. The number of likely N-dealkylation sites (tertiary alicyclic amines) is 1. The lowest BCUT2D eigenvalue weighted by Gasteiger charge is -2.50. The fourth-order valence-electron chi connectivity index (χ4n) is 6.72. The Morgan fingerprint density at radius 2 is 1.71 bits per heavy atom. The second-order valence-electron chi connectivity index (χ2n) is 12.4. The van der Waals surface area contributed by atoms with Gasteiger partial charge in [-0.2, -0.15) is 0 Å². The Hall–Kier alpha value is -1.73. The number of rotatable bonds is 4. The minimum absolute atomic E-state index is 0.0780. The molecule has 1 aromatic rings. The maximum Gasteiger partial charge on any atom is 0.234 e. The maximum absolute atomic E-state index is 12.8. The van der Waals surface area contributed by atoms with Gasteiger partial charge < -0.3 is 15.1 Å². The van der Waals surface area contributed by atoms with Crippen molar-refractivity contribution < 1.29 is 4.79 Å². The number of carbonyl (C=O) groups is 1. The third-order valence-corrected chi connectivity index (χ3v) is 9.15. The van der Waals surface area contributed by atoms with E-state index in [-0.39, 0.29) is 11.4 Å². The molecular weight excluding hydrogens is 424 g/mol. The molecule has 5 rings (SSSR count). The van der Waals surface area contributed by atoms with Crippen LogP contribution in [0, 0.1) is 18.3 Å². The molecule has 0 radical (unpaired) electrons. The predicted octanol–water partition coefficient (Wildman–Crippen LogP) is 3.24. The van der Waals surface area contributed by atoms with Gasteiger partial charge in [-0.3, -0.25) is 9.69 Å². The average Bonchev–Trinajstić information content (AvgIpc) is 2.81. The molecule has 3 aliphatic heterocycles. The minimum Gasteiger partial charge on any atom is -0.356 e. The van der Waals surface area contributed by atoms with Gasteiger partial charge in [0.15, 0.2) is 0 Å². The zero-order valence-electron chi connectivity index (χ0n) is 21.6. The number of aromatic nitrogens is 2. The molecule has 3 saturated heterocycles. The van der Waals surface area contributed by atoms with Gasteiger partial charge in [0, 0.05) is 44.0 Å². The van der Waals surface area contributed by atoms with E-state index in [0.717, 1.165) is 49.9 Å². The summed E-state index contributed by atoms with van der Waals surface area (Å²) in [6, 6.07) is 2.63. The summed E-state index contributed by atoms with van der Waals surface area (Å²) >= 11 is 0. The van der Waals surface area contributed by atoms with E-state index in [9.17, 15) is 4.79 Å². The van der Waals surface area contributed by atoms with E-state index in [1.807, 2.05) is 6.92 Å². The molecule has 34 heavy (non-hydrogen) atoms. The fraction of sp³-hybridized carbons (Fsp3) is 0.815. The lowest BCUT2D eigenvalue weighted by atomic mass is 9.80. The summed E-state index contributed by atoms with van der Waals surface area (Å²) in [5.74, 6) is 2.07. The molecule has 1 amide bonds. The Bertz CT molecular complexity index is 846. The molecule has 0 unspecified atom stereocenters. The van der Waals surface area contributed by atoms with Crippen LogP contribution in [0.4, 0.5) is 5.82 Å². The number of amides is 1. The van der Waals surface area contributed by atoms with Crippen LogP contribution in [0.25, 0.3) is 0 Å². The molecule has 1 saturated carbocycles. The van der Waals surface area contributed by atoms with Gasteiger partial charge in [-0.1, -0.05) is 13.8 Å². The van der Waals surface area contributed by atoms with Crippen LogP contribution < -0.4 is 10.2 Å². The van der Waals surface area contributed by atoms with Crippen molar-refractivity contribution in [1.82, 2.24) is 25.1 Å².